The number of amides is 1. The summed E-state index contributed by atoms with van der Waals surface area (Å²) >= 11 is 0. The first-order valence-corrected chi connectivity index (χ1v) is 8.80. The fraction of sp³-hybridized carbons (Fsp3) is 0.150. The molecule has 1 amide bonds. The van der Waals surface area contributed by atoms with Crippen LogP contribution >= 0.6 is 0 Å². The van der Waals surface area contributed by atoms with Crippen molar-refractivity contribution in [3.8, 4) is 11.4 Å². The number of H-pyrrole nitrogens is 1. The van der Waals surface area contributed by atoms with E-state index in [0.717, 1.165) is 25.0 Å². The topological polar surface area (TPSA) is 83.8 Å². The van der Waals surface area contributed by atoms with Gasteiger partial charge in [0.05, 0.1) is 11.2 Å². The molecule has 2 N–H and O–H groups in total. The molecule has 1 aliphatic rings. The van der Waals surface area contributed by atoms with Crippen LogP contribution in [0.1, 0.15) is 35.0 Å². The number of aromatic amines is 1. The van der Waals surface area contributed by atoms with Crippen LogP contribution in [-0.2, 0) is 0 Å². The second kappa shape index (κ2) is 6.26. The van der Waals surface area contributed by atoms with Gasteiger partial charge in [0, 0.05) is 34.7 Å². The van der Waals surface area contributed by atoms with E-state index in [2.05, 4.69) is 20.4 Å². The molecule has 2 aromatic carbocycles. The van der Waals surface area contributed by atoms with Crippen molar-refractivity contribution in [1.82, 2.24) is 15.1 Å². The summed E-state index contributed by atoms with van der Waals surface area (Å²) in [7, 11) is 0. The van der Waals surface area contributed by atoms with E-state index in [4.69, 9.17) is 4.52 Å². The number of nitrogens with one attached hydrogen (secondary N) is 2. The zero-order chi connectivity index (χ0) is 19.3. The van der Waals surface area contributed by atoms with E-state index in [1.807, 2.05) is 0 Å². The maximum Gasteiger partial charge on any atom is 0.255 e. The number of hydrogen-bond donors (Lipinski definition) is 2. The lowest BCUT2D eigenvalue weighted by atomic mass is 10.1. The van der Waals surface area contributed by atoms with Gasteiger partial charge in [0.2, 0.25) is 11.7 Å². The molecule has 2 heterocycles. The Morgan fingerprint density at radius 1 is 1.18 bits per heavy atom. The summed E-state index contributed by atoms with van der Waals surface area (Å²) < 4.78 is 32.2. The number of hydrogen-bond acceptors (Lipinski definition) is 4. The van der Waals surface area contributed by atoms with Gasteiger partial charge in [0.25, 0.3) is 5.91 Å². The van der Waals surface area contributed by atoms with Crippen LogP contribution in [0.3, 0.4) is 0 Å². The van der Waals surface area contributed by atoms with E-state index < -0.39 is 17.5 Å². The largest absolute Gasteiger partial charge is 0.359 e. The van der Waals surface area contributed by atoms with Crippen molar-refractivity contribution in [2.75, 3.05) is 5.32 Å². The molecule has 2 aromatic heterocycles. The molecule has 5 rings (SSSR count). The Labute approximate surface area is 157 Å². The molecule has 1 aliphatic carbocycles. The molecule has 140 valence electrons. The van der Waals surface area contributed by atoms with Crippen LogP contribution < -0.4 is 5.32 Å². The summed E-state index contributed by atoms with van der Waals surface area (Å²) in [5.41, 5.74) is 1.80. The van der Waals surface area contributed by atoms with Gasteiger partial charge in [-0.3, -0.25) is 4.79 Å². The van der Waals surface area contributed by atoms with Crippen LogP contribution in [0.25, 0.3) is 22.3 Å². The van der Waals surface area contributed by atoms with Gasteiger partial charge in [-0.05, 0) is 31.0 Å². The summed E-state index contributed by atoms with van der Waals surface area (Å²) in [6.07, 6.45) is 3.60. The first-order chi connectivity index (χ1) is 13.6. The van der Waals surface area contributed by atoms with Crippen LogP contribution in [0, 0.1) is 11.6 Å². The minimum Gasteiger partial charge on any atom is -0.359 e. The van der Waals surface area contributed by atoms with Gasteiger partial charge in [-0.15, -0.1) is 0 Å². The standard InChI is InChI=1S/C20H14F2N4O2/c21-14-7-13-16(8-15(14)22)23-9-17(13)24-19(27)12-3-1-2-11(6-12)18-25-20(28-26-18)10-4-5-10/h1-3,6-10,23H,4-5H2,(H,24,27). The van der Waals surface area contributed by atoms with Gasteiger partial charge in [-0.1, -0.05) is 17.3 Å². The molecule has 28 heavy (non-hydrogen) atoms. The maximum absolute atomic E-state index is 13.5. The zero-order valence-electron chi connectivity index (χ0n) is 14.5. The number of carbonyl (C=O) groups is 1. The smallest absolute Gasteiger partial charge is 0.255 e. The quantitative estimate of drug-likeness (QED) is 0.541. The van der Waals surface area contributed by atoms with Crippen LogP contribution in [0.15, 0.2) is 47.1 Å². The summed E-state index contributed by atoms with van der Waals surface area (Å²) in [5, 5.41) is 7.08. The molecule has 6 nitrogen and oxygen atoms in total. The van der Waals surface area contributed by atoms with Gasteiger partial charge in [0.1, 0.15) is 0 Å². The van der Waals surface area contributed by atoms with Gasteiger partial charge in [-0.2, -0.15) is 4.98 Å². The minimum absolute atomic E-state index is 0.347. The number of rotatable bonds is 4. The fourth-order valence-electron chi connectivity index (χ4n) is 3.06. The van der Waals surface area contributed by atoms with Gasteiger partial charge < -0.3 is 14.8 Å². The molecule has 1 fully saturated rings. The van der Waals surface area contributed by atoms with E-state index >= 15 is 0 Å². The Kier molecular flexibility index (Phi) is 3.71. The molecule has 0 radical (unpaired) electrons. The number of carbonyl (C=O) groups excluding carboxylic acids is 1. The van der Waals surface area contributed by atoms with Crippen molar-refractivity contribution >= 4 is 22.5 Å². The second-order valence-corrected chi connectivity index (χ2v) is 6.78. The van der Waals surface area contributed by atoms with Crippen molar-refractivity contribution in [1.29, 1.82) is 0 Å². The first-order valence-electron chi connectivity index (χ1n) is 8.80. The Morgan fingerprint density at radius 2 is 2.00 bits per heavy atom. The lowest BCUT2D eigenvalue weighted by Gasteiger charge is -2.05. The predicted molar refractivity (Wildman–Crippen MR) is 97.9 cm³/mol. The second-order valence-electron chi connectivity index (χ2n) is 6.78. The summed E-state index contributed by atoms with van der Waals surface area (Å²) in [6.45, 7) is 0. The van der Waals surface area contributed by atoms with Crippen molar-refractivity contribution in [2.45, 2.75) is 18.8 Å². The van der Waals surface area contributed by atoms with E-state index in [1.165, 1.54) is 6.20 Å². The Balaban J connectivity index is 1.42. The third-order valence-corrected chi connectivity index (χ3v) is 4.72. The van der Waals surface area contributed by atoms with Gasteiger partial charge in [-0.25, -0.2) is 8.78 Å². The highest BCUT2D eigenvalue weighted by Crippen LogP contribution is 2.39. The molecule has 0 aliphatic heterocycles. The Morgan fingerprint density at radius 3 is 2.82 bits per heavy atom. The van der Waals surface area contributed by atoms with E-state index in [9.17, 15) is 13.6 Å². The summed E-state index contributed by atoms with van der Waals surface area (Å²) in [6, 6.07) is 8.92. The molecule has 8 heteroatoms. The Hall–Kier alpha value is -3.55. The molecule has 1 saturated carbocycles. The highest BCUT2D eigenvalue weighted by molar-refractivity contribution is 6.09. The number of benzene rings is 2. The molecular formula is C20H14F2N4O2. The van der Waals surface area contributed by atoms with Crippen molar-refractivity contribution in [3.05, 3.63) is 65.7 Å². The van der Waals surface area contributed by atoms with Gasteiger partial charge in [0.15, 0.2) is 11.6 Å². The van der Waals surface area contributed by atoms with Crippen molar-refractivity contribution < 1.29 is 18.1 Å². The summed E-state index contributed by atoms with van der Waals surface area (Å²) in [5.74, 6) is -0.920. The van der Waals surface area contributed by atoms with Crippen LogP contribution in [0.2, 0.25) is 0 Å². The lowest BCUT2D eigenvalue weighted by Crippen LogP contribution is -2.11. The molecule has 0 atom stereocenters. The minimum atomic E-state index is -0.979. The van der Waals surface area contributed by atoms with E-state index in [0.29, 0.717) is 45.4 Å². The first kappa shape index (κ1) is 16.6. The highest BCUT2D eigenvalue weighted by atomic mass is 19.2. The Bertz CT molecular complexity index is 1210. The zero-order valence-corrected chi connectivity index (χ0v) is 14.5. The maximum atomic E-state index is 13.5. The number of aromatic nitrogens is 3. The predicted octanol–water partition coefficient (Wildman–Crippen LogP) is 4.63. The van der Waals surface area contributed by atoms with Crippen molar-refractivity contribution in [2.24, 2.45) is 0 Å². The van der Waals surface area contributed by atoms with Gasteiger partial charge >= 0.3 is 0 Å². The molecule has 0 spiro atoms. The number of nitrogens with zero attached hydrogens (tertiary/aromatic N) is 2. The van der Waals surface area contributed by atoms with E-state index in [-0.39, 0.29) is 0 Å². The third-order valence-electron chi connectivity index (χ3n) is 4.72. The molecule has 0 saturated heterocycles. The normalized spacial score (nSPS) is 13.8. The third kappa shape index (κ3) is 2.92. The van der Waals surface area contributed by atoms with Crippen LogP contribution in [0.4, 0.5) is 14.5 Å². The van der Waals surface area contributed by atoms with Crippen LogP contribution in [-0.4, -0.2) is 21.0 Å². The molecule has 0 bridgehead atoms. The average molecular weight is 380 g/mol. The number of anilines is 1. The van der Waals surface area contributed by atoms with Crippen molar-refractivity contribution in [3.63, 3.8) is 0 Å². The SMILES string of the molecule is O=C(Nc1c[nH]c2cc(F)c(F)cc12)c1cccc(-c2noc(C3CC3)n2)c1. The lowest BCUT2D eigenvalue weighted by molar-refractivity contribution is 0.102. The molecule has 0 unspecified atom stereocenters. The number of fused-ring (bicyclic) bond motifs is 1. The fourth-order valence-corrected chi connectivity index (χ4v) is 3.06. The van der Waals surface area contributed by atoms with Crippen LogP contribution in [0.5, 0.6) is 0 Å². The monoisotopic (exact) mass is 380 g/mol. The number of halogens is 2. The molecular weight excluding hydrogens is 366 g/mol. The van der Waals surface area contributed by atoms with E-state index in [1.54, 1.807) is 24.3 Å². The average Bonchev–Trinajstić information content (AvgIpc) is 3.32. The summed E-state index contributed by atoms with van der Waals surface area (Å²) in [4.78, 5) is 19.9. The molecule has 4 aromatic rings. The highest BCUT2D eigenvalue weighted by Gasteiger charge is 2.29.